The Morgan fingerprint density at radius 3 is 2.00 bits per heavy atom. The van der Waals surface area contributed by atoms with Crippen LogP contribution in [0.5, 0.6) is 0 Å². The molecule has 0 spiro atoms. The summed E-state index contributed by atoms with van der Waals surface area (Å²) in [5.74, 6) is 0.698. The minimum Gasteiger partial charge on any atom is -0.430 e. The van der Waals surface area contributed by atoms with Crippen molar-refractivity contribution in [2.24, 2.45) is 0 Å². The molecule has 0 aromatic rings. The van der Waals surface area contributed by atoms with E-state index in [-0.39, 0.29) is 0 Å². The predicted molar refractivity (Wildman–Crippen MR) is 37.1 cm³/mol. The molecule has 0 saturated heterocycles. The summed E-state index contributed by atoms with van der Waals surface area (Å²) >= 11 is 5.23. The maximum absolute atomic E-state index is 7.12. The number of rotatable bonds is 2. The highest BCUT2D eigenvalue weighted by molar-refractivity contribution is 6.17. The fourth-order valence-electron chi connectivity index (χ4n) is 0.0772. The summed E-state index contributed by atoms with van der Waals surface area (Å²) in [6.45, 7) is 3.47. The molecular formula is C4H10BClO2. The van der Waals surface area contributed by atoms with E-state index in [2.05, 4.69) is 6.58 Å². The van der Waals surface area contributed by atoms with Gasteiger partial charge in [-0.25, -0.2) is 0 Å². The molecule has 0 amide bonds. The molecule has 0 bridgehead atoms. The second kappa shape index (κ2) is 15.7. The molecule has 0 aromatic carbocycles. The van der Waals surface area contributed by atoms with Gasteiger partial charge in [0, 0.05) is 5.88 Å². The average molecular weight is 136 g/mol. The van der Waals surface area contributed by atoms with Gasteiger partial charge < -0.3 is 10.0 Å². The molecule has 0 fully saturated rings. The van der Waals surface area contributed by atoms with Crippen molar-refractivity contribution in [3.05, 3.63) is 12.7 Å². The van der Waals surface area contributed by atoms with Gasteiger partial charge in [-0.3, -0.25) is 0 Å². The fourth-order valence-corrected chi connectivity index (χ4v) is 0.231. The molecule has 0 aromatic heterocycles. The molecule has 0 aliphatic heterocycles. The van der Waals surface area contributed by atoms with Crippen molar-refractivity contribution < 1.29 is 10.0 Å². The van der Waals surface area contributed by atoms with Crippen LogP contribution in [0.25, 0.3) is 0 Å². The lowest BCUT2D eigenvalue weighted by atomic mass is 10.5. The van der Waals surface area contributed by atoms with Gasteiger partial charge in [0.25, 0.3) is 0 Å². The zero-order valence-electron chi connectivity index (χ0n) is 4.68. The first kappa shape index (κ1) is 10.9. The lowest BCUT2D eigenvalue weighted by Crippen LogP contribution is -1.75. The van der Waals surface area contributed by atoms with Crippen molar-refractivity contribution in [1.29, 1.82) is 0 Å². The Balaban J connectivity index is 0. The highest BCUT2D eigenvalue weighted by Gasteiger charge is 1.64. The van der Waals surface area contributed by atoms with Gasteiger partial charge in [0.15, 0.2) is 0 Å². The van der Waals surface area contributed by atoms with Gasteiger partial charge in [0.2, 0.25) is 0 Å². The molecule has 0 heterocycles. The molecule has 0 rings (SSSR count). The summed E-state index contributed by atoms with van der Waals surface area (Å²) in [4.78, 5) is 0. The zero-order chi connectivity index (χ0) is 6.83. The third kappa shape index (κ3) is 37.3. The van der Waals surface area contributed by atoms with Crippen LogP contribution in [-0.4, -0.2) is 23.6 Å². The van der Waals surface area contributed by atoms with E-state index in [1.165, 1.54) is 0 Å². The van der Waals surface area contributed by atoms with Crippen molar-refractivity contribution >= 4 is 19.3 Å². The molecule has 0 radical (unpaired) electrons. The smallest absolute Gasteiger partial charge is 0.430 e. The van der Waals surface area contributed by atoms with E-state index in [4.69, 9.17) is 21.6 Å². The van der Waals surface area contributed by atoms with Gasteiger partial charge >= 0.3 is 7.69 Å². The summed E-state index contributed by atoms with van der Waals surface area (Å²) in [6, 6.07) is 0. The Kier molecular flexibility index (Phi) is 21.5. The molecule has 0 unspecified atom stereocenters. The third-order valence-electron chi connectivity index (χ3n) is 0.313. The van der Waals surface area contributed by atoms with E-state index in [0.717, 1.165) is 6.42 Å². The summed E-state index contributed by atoms with van der Waals surface area (Å²) < 4.78 is 0. The molecule has 8 heavy (non-hydrogen) atoms. The largest absolute Gasteiger partial charge is 0.432 e. The second-order valence-corrected chi connectivity index (χ2v) is 1.29. The van der Waals surface area contributed by atoms with Crippen molar-refractivity contribution in [1.82, 2.24) is 0 Å². The van der Waals surface area contributed by atoms with Crippen LogP contribution in [-0.2, 0) is 0 Å². The molecule has 0 atom stereocenters. The Labute approximate surface area is 55.1 Å². The molecule has 2 nitrogen and oxygen atoms in total. The monoisotopic (exact) mass is 136 g/mol. The Bertz CT molecular complexity index is 43.0. The van der Waals surface area contributed by atoms with Gasteiger partial charge in [0.1, 0.15) is 0 Å². The van der Waals surface area contributed by atoms with Gasteiger partial charge in [0.05, 0.1) is 0 Å². The van der Waals surface area contributed by atoms with E-state index >= 15 is 0 Å². The number of hydrogen-bond donors (Lipinski definition) is 2. The van der Waals surface area contributed by atoms with E-state index in [1.807, 2.05) is 0 Å². The molecule has 2 N–H and O–H groups in total. The molecule has 48 valence electrons. The van der Waals surface area contributed by atoms with Crippen molar-refractivity contribution in [2.45, 2.75) is 6.42 Å². The van der Waals surface area contributed by atoms with E-state index in [1.54, 1.807) is 6.08 Å². The second-order valence-electron chi connectivity index (χ2n) is 0.908. The first-order valence-electron chi connectivity index (χ1n) is 2.22. The third-order valence-corrected chi connectivity index (χ3v) is 0.531. The quantitative estimate of drug-likeness (QED) is 0.320. The lowest BCUT2D eigenvalue weighted by Gasteiger charge is -1.70. The van der Waals surface area contributed by atoms with Crippen LogP contribution < -0.4 is 0 Å². The van der Waals surface area contributed by atoms with Crippen LogP contribution in [0.3, 0.4) is 0 Å². The van der Waals surface area contributed by atoms with Crippen LogP contribution in [0.4, 0.5) is 0 Å². The van der Waals surface area contributed by atoms with Crippen LogP contribution in [0.15, 0.2) is 12.7 Å². The number of halogens is 1. The maximum Gasteiger partial charge on any atom is 0.432 e. The average Bonchev–Trinajstić information content (AvgIpc) is 1.71. The van der Waals surface area contributed by atoms with Crippen LogP contribution in [0, 0.1) is 0 Å². The minimum atomic E-state index is -0.750. The molecular weight excluding hydrogens is 126 g/mol. The normalized spacial score (nSPS) is 6.38. The highest BCUT2D eigenvalue weighted by Crippen LogP contribution is 1.80. The highest BCUT2D eigenvalue weighted by atomic mass is 35.5. The minimum absolute atomic E-state index is 0.698. The Morgan fingerprint density at radius 2 is 2.00 bits per heavy atom. The Morgan fingerprint density at radius 1 is 1.62 bits per heavy atom. The molecule has 4 heteroatoms. The van der Waals surface area contributed by atoms with Crippen molar-refractivity contribution in [3.63, 3.8) is 0 Å². The topological polar surface area (TPSA) is 40.5 Å². The van der Waals surface area contributed by atoms with Crippen molar-refractivity contribution in [2.75, 3.05) is 5.88 Å². The van der Waals surface area contributed by atoms with E-state index in [9.17, 15) is 0 Å². The van der Waals surface area contributed by atoms with E-state index < -0.39 is 7.69 Å². The summed E-state index contributed by atoms with van der Waals surface area (Å²) in [6.07, 6.45) is 2.72. The van der Waals surface area contributed by atoms with Crippen LogP contribution in [0.1, 0.15) is 6.42 Å². The first-order chi connectivity index (χ1) is 3.83. The van der Waals surface area contributed by atoms with Gasteiger partial charge in [-0.15, -0.1) is 18.2 Å². The van der Waals surface area contributed by atoms with Gasteiger partial charge in [-0.1, -0.05) is 6.08 Å². The van der Waals surface area contributed by atoms with Gasteiger partial charge in [-0.2, -0.15) is 0 Å². The van der Waals surface area contributed by atoms with Crippen LogP contribution >= 0.6 is 11.6 Å². The summed E-state index contributed by atoms with van der Waals surface area (Å²) in [5.41, 5.74) is 0. The Hall–Kier alpha value is 0.0149. The standard InChI is InChI=1S/C4H7Cl.BH3O2/c1-2-3-4-5;2-1-3/h2H,1,3-4H2;1-3H. The zero-order valence-corrected chi connectivity index (χ0v) is 5.43. The fraction of sp³-hybridized carbons (Fsp3) is 0.500. The first-order valence-corrected chi connectivity index (χ1v) is 2.75. The van der Waals surface area contributed by atoms with Crippen LogP contribution in [0.2, 0.25) is 0 Å². The molecule has 0 saturated carbocycles. The maximum atomic E-state index is 7.12. The number of hydrogen-bond acceptors (Lipinski definition) is 2. The van der Waals surface area contributed by atoms with Gasteiger partial charge in [-0.05, 0) is 6.42 Å². The van der Waals surface area contributed by atoms with E-state index in [0.29, 0.717) is 5.88 Å². The van der Waals surface area contributed by atoms with Crippen molar-refractivity contribution in [3.8, 4) is 0 Å². The SMILES string of the molecule is C=CCCCl.OBO. The summed E-state index contributed by atoms with van der Waals surface area (Å²) in [5, 5.41) is 14.2. The predicted octanol–water partition coefficient (Wildman–Crippen LogP) is 0.0388. The lowest BCUT2D eigenvalue weighted by molar-refractivity contribution is 0.448. The number of alkyl halides is 1. The molecule has 0 aliphatic rings. The summed E-state index contributed by atoms with van der Waals surface area (Å²) in [7, 11) is -0.750. The molecule has 0 aliphatic carbocycles. The number of allylic oxidation sites excluding steroid dienone is 1.